The highest BCUT2D eigenvalue weighted by molar-refractivity contribution is 6.70. The molecule has 0 atom stereocenters. The van der Waals surface area contributed by atoms with E-state index in [1.54, 1.807) is 12.1 Å². The minimum absolute atomic E-state index is 0. The van der Waals surface area contributed by atoms with E-state index in [1.807, 2.05) is 36.4 Å². The standard InChI is InChI=1S/C9H10B2O3.C9H11BO.C8H8BFO.C8H8BNO3.C8H10BNO.CH4/c12-10-2-1-6-3-9-7(4-8(6)10)5-14-11(9)13;1-7-3-2-4-8-5-6-10(11)9(7)8;10-7-3-1-2-6-4-5-9(11)8(6)7;11-9-4-3-6-1-2-7(10(12)13)5-8(6)9;10-7-2-1-6-3-4-9(11)8(6)5-7;/h3-4,12-13H,1-2,5H2;2-4,11H,5-6H2,1H3;1-3,11H,4-5H2;1-2,5,11H,3-4H2;1-2,5,11H,3-4,10H2;1H4. The van der Waals surface area contributed by atoms with Crippen LogP contribution in [0.4, 0.5) is 15.8 Å². The van der Waals surface area contributed by atoms with Gasteiger partial charge in [-0.25, -0.2) is 4.39 Å². The number of non-ortho nitro benzene ring substituents is 1. The molecule has 312 valence electrons. The topological polar surface area (TPSA) is 200 Å². The van der Waals surface area contributed by atoms with Gasteiger partial charge in [0.25, 0.3) is 5.69 Å². The van der Waals surface area contributed by atoms with E-state index >= 15 is 0 Å². The SMILES string of the molecule is C.Cc1cccc2c1B(O)CC2.Nc1ccc2c(c1)B(O)CC2.O=[N+]([O-])c1ccc2c(c1)B(O)CC2.OB1CCc2cc3c(cc21)COB3O.OB1CCc2cccc(F)c21. The van der Waals surface area contributed by atoms with Crippen LogP contribution in [0.15, 0.2) is 84.9 Å². The Balaban J connectivity index is 0.000000127. The van der Waals surface area contributed by atoms with Gasteiger partial charge in [-0.3, -0.25) is 10.1 Å². The highest BCUT2D eigenvalue weighted by Gasteiger charge is 2.33. The van der Waals surface area contributed by atoms with Crippen LogP contribution in [0, 0.1) is 22.9 Å². The number of nitrogens with zero attached hydrogens (tertiary/aromatic N) is 1. The molecular formula is C43H51B6FN2O9. The molecule has 5 aromatic rings. The molecule has 6 heterocycles. The van der Waals surface area contributed by atoms with Gasteiger partial charge in [0.05, 0.1) is 11.5 Å². The number of nitrogens with two attached hydrogens (primary N) is 1. The molecule has 0 saturated carbocycles. The molecule has 0 bridgehead atoms. The fourth-order valence-corrected chi connectivity index (χ4v) is 9.08. The first-order valence-corrected chi connectivity index (χ1v) is 20.7. The first-order chi connectivity index (χ1) is 28.8. The van der Waals surface area contributed by atoms with Crippen LogP contribution in [-0.2, 0) is 43.4 Å². The lowest BCUT2D eigenvalue weighted by Crippen LogP contribution is -2.32. The highest BCUT2D eigenvalue weighted by Crippen LogP contribution is 2.20. The second kappa shape index (κ2) is 20.0. The van der Waals surface area contributed by atoms with Gasteiger partial charge in [0.2, 0.25) is 0 Å². The van der Waals surface area contributed by atoms with E-state index in [1.165, 1.54) is 40.4 Å². The summed E-state index contributed by atoms with van der Waals surface area (Å²) >= 11 is 0. The van der Waals surface area contributed by atoms with Crippen LogP contribution in [0.25, 0.3) is 0 Å². The van der Waals surface area contributed by atoms with Gasteiger partial charge in [0, 0.05) is 17.8 Å². The molecule has 8 N–H and O–H groups in total. The third kappa shape index (κ3) is 10.3. The number of hydrogen-bond donors (Lipinski definition) is 7. The van der Waals surface area contributed by atoms with Crippen LogP contribution < -0.4 is 38.5 Å². The quantitative estimate of drug-likeness (QED) is 0.0554. The largest absolute Gasteiger partial charge is 0.491 e. The highest BCUT2D eigenvalue weighted by atomic mass is 19.1. The Morgan fingerprint density at radius 3 is 1.69 bits per heavy atom. The zero-order valence-electron chi connectivity index (χ0n) is 33.6. The van der Waals surface area contributed by atoms with E-state index in [-0.39, 0.29) is 39.7 Å². The van der Waals surface area contributed by atoms with Crippen molar-refractivity contribution in [3.05, 3.63) is 140 Å². The summed E-state index contributed by atoms with van der Waals surface area (Å²) in [7, 11) is -0.770. The number of nitro groups is 1. The Morgan fingerprint density at radius 2 is 1.08 bits per heavy atom. The first kappa shape index (κ1) is 45.9. The van der Waals surface area contributed by atoms with Gasteiger partial charge in [-0.05, 0) is 133 Å². The van der Waals surface area contributed by atoms with Crippen molar-refractivity contribution in [2.24, 2.45) is 0 Å². The lowest BCUT2D eigenvalue weighted by molar-refractivity contribution is -0.384. The Labute approximate surface area is 359 Å². The molecule has 18 heteroatoms. The Bertz CT molecular complexity index is 2280. The molecular weight excluding hydrogens is 772 g/mol. The zero-order valence-corrected chi connectivity index (χ0v) is 33.6. The van der Waals surface area contributed by atoms with Crippen LogP contribution in [0.3, 0.4) is 0 Å². The number of rotatable bonds is 1. The maximum Gasteiger partial charge on any atom is 0.491 e. The zero-order chi connectivity index (χ0) is 42.7. The molecule has 0 radical (unpaired) electrons. The van der Waals surface area contributed by atoms with Gasteiger partial charge in [0.15, 0.2) is 0 Å². The lowest BCUT2D eigenvalue weighted by atomic mass is 9.61. The number of aryl methyl sites for hydroxylation is 6. The summed E-state index contributed by atoms with van der Waals surface area (Å²) in [6.45, 7) is 0.609. The number of anilines is 1. The molecule has 61 heavy (non-hydrogen) atoms. The van der Waals surface area contributed by atoms with Crippen molar-refractivity contribution < 1.29 is 44.1 Å². The smallest absolute Gasteiger partial charge is 0.446 e. The van der Waals surface area contributed by atoms with Crippen LogP contribution in [-0.4, -0.2) is 76.8 Å². The normalized spacial score (nSPS) is 15.6. The molecule has 0 fully saturated rings. The maximum atomic E-state index is 13.0. The number of hydrogen-bond acceptors (Lipinski definition) is 10. The molecule has 0 amide bonds. The fourth-order valence-electron chi connectivity index (χ4n) is 9.08. The first-order valence-electron chi connectivity index (χ1n) is 20.7. The molecule has 5 aromatic carbocycles. The lowest BCUT2D eigenvalue weighted by Gasteiger charge is -2.04. The van der Waals surface area contributed by atoms with Gasteiger partial charge in [-0.2, -0.15) is 0 Å². The number of nitro benzene ring substituents is 1. The van der Waals surface area contributed by atoms with E-state index in [2.05, 4.69) is 25.1 Å². The molecule has 0 aliphatic carbocycles. The van der Waals surface area contributed by atoms with Gasteiger partial charge in [0.1, 0.15) is 5.82 Å². The van der Waals surface area contributed by atoms with Crippen molar-refractivity contribution in [1.82, 2.24) is 0 Å². The van der Waals surface area contributed by atoms with Crippen LogP contribution >= 0.6 is 0 Å². The summed E-state index contributed by atoms with van der Waals surface area (Å²) in [6, 6.07) is 25.6. The maximum absolute atomic E-state index is 13.0. The number of halogens is 1. The summed E-state index contributed by atoms with van der Waals surface area (Å²) in [5, 5.41) is 67.4. The number of fused-ring (bicyclic) bond motifs is 6. The van der Waals surface area contributed by atoms with Crippen molar-refractivity contribution in [3.63, 3.8) is 0 Å². The third-order valence-electron chi connectivity index (χ3n) is 12.3. The molecule has 0 unspecified atom stereocenters. The number of benzene rings is 5. The monoisotopic (exact) mass is 824 g/mol. The molecule has 0 saturated heterocycles. The third-order valence-corrected chi connectivity index (χ3v) is 12.3. The molecule has 11 rings (SSSR count). The minimum atomic E-state index is -0.770. The number of nitrogen functional groups attached to an aromatic ring is 1. The average molecular weight is 824 g/mol. The predicted molar refractivity (Wildman–Crippen MR) is 248 cm³/mol. The minimum Gasteiger partial charge on any atom is -0.446 e. The van der Waals surface area contributed by atoms with Crippen molar-refractivity contribution in [2.75, 3.05) is 5.73 Å². The van der Waals surface area contributed by atoms with Crippen LogP contribution in [0.1, 0.15) is 46.4 Å². The molecule has 6 aliphatic heterocycles. The second-order valence-electron chi connectivity index (χ2n) is 16.2. The van der Waals surface area contributed by atoms with Crippen molar-refractivity contribution in [3.8, 4) is 0 Å². The van der Waals surface area contributed by atoms with E-state index in [4.69, 9.17) is 10.4 Å². The summed E-state index contributed by atoms with van der Waals surface area (Å²) in [5.41, 5.74) is 19.6. The molecule has 11 nitrogen and oxygen atoms in total. The van der Waals surface area contributed by atoms with E-state index in [0.717, 1.165) is 95.4 Å². The van der Waals surface area contributed by atoms with Gasteiger partial charge in [-0.15, -0.1) is 0 Å². The van der Waals surface area contributed by atoms with Crippen LogP contribution in [0.2, 0.25) is 31.6 Å². The van der Waals surface area contributed by atoms with Gasteiger partial charge in [-0.1, -0.05) is 89.8 Å². The summed E-state index contributed by atoms with van der Waals surface area (Å²) in [6.07, 6.45) is 8.43. The molecule has 0 aromatic heterocycles. The van der Waals surface area contributed by atoms with Crippen molar-refractivity contribution in [2.45, 2.75) is 84.7 Å². The summed E-state index contributed by atoms with van der Waals surface area (Å²) in [5.74, 6) is -0.271. The van der Waals surface area contributed by atoms with Gasteiger partial charge >= 0.3 is 41.7 Å². The Hall–Kier alpha value is -4.66. The Morgan fingerprint density at radius 1 is 0.590 bits per heavy atom. The van der Waals surface area contributed by atoms with Gasteiger partial charge < -0.3 is 40.5 Å². The molecule has 0 spiro atoms. The summed E-state index contributed by atoms with van der Waals surface area (Å²) < 4.78 is 18.1. The molecule has 6 aliphatic rings. The summed E-state index contributed by atoms with van der Waals surface area (Å²) in [4.78, 5) is 9.99. The van der Waals surface area contributed by atoms with Crippen LogP contribution in [0.5, 0.6) is 0 Å². The van der Waals surface area contributed by atoms with E-state index < -0.39 is 25.9 Å². The predicted octanol–water partition coefficient (Wildman–Crippen LogP) is 0.959. The second-order valence-corrected chi connectivity index (χ2v) is 16.2. The average Bonchev–Trinajstić information content (AvgIpc) is 4.11. The van der Waals surface area contributed by atoms with Crippen molar-refractivity contribution in [1.29, 1.82) is 0 Å². The Kier molecular flexibility index (Phi) is 15.1. The van der Waals surface area contributed by atoms with E-state index in [0.29, 0.717) is 30.2 Å². The fraction of sp³-hybridized carbons (Fsp3) is 0.302. The van der Waals surface area contributed by atoms with Crippen molar-refractivity contribution >= 4 is 85.8 Å². The van der Waals surface area contributed by atoms with E-state index in [9.17, 15) is 44.6 Å².